The quantitative estimate of drug-likeness (QED) is 0.124. The number of nitrogens with zero attached hydrogens (tertiary/aromatic N) is 2. The Morgan fingerprint density at radius 3 is 1.68 bits per heavy atom. The van der Waals surface area contributed by atoms with E-state index in [-0.39, 0.29) is 5.41 Å². The zero-order valence-electron chi connectivity index (χ0n) is 34.3. The second-order valence-corrected chi connectivity index (χ2v) is 16.6. The number of hydrogen-bond acceptors (Lipinski definition) is 2. The lowest BCUT2D eigenvalue weighted by molar-refractivity contribution is 0.714. The van der Waals surface area contributed by atoms with Crippen molar-refractivity contribution in [2.24, 2.45) is 0 Å². The summed E-state index contributed by atoms with van der Waals surface area (Å²) in [5, 5.41) is 7.52. The van der Waals surface area contributed by atoms with Gasteiger partial charge in [-0.05, 0) is 108 Å². The third-order valence-electron chi connectivity index (χ3n) is 13.2. The minimum Gasteiger partial charge on any atom is -0.228 e. The van der Waals surface area contributed by atoms with Crippen molar-refractivity contribution in [1.29, 1.82) is 0 Å². The first kappa shape index (κ1) is 36.0. The van der Waals surface area contributed by atoms with Crippen molar-refractivity contribution in [1.82, 2.24) is 9.97 Å². The molecule has 1 unspecified atom stereocenters. The van der Waals surface area contributed by atoms with Gasteiger partial charge in [0.15, 0.2) is 5.82 Å². The van der Waals surface area contributed by atoms with Gasteiger partial charge in [-0.2, -0.15) is 0 Å². The molecule has 1 aliphatic rings. The minimum absolute atomic E-state index is 0.265. The minimum atomic E-state index is -0.265. The highest BCUT2D eigenvalue weighted by Gasteiger charge is 2.40. The standard InChI is InChI=1S/C60H40N2/c1-60(47-18-6-3-7-19-47)54-23-13-12-22-50(54)53-37-46(33-35-55(53)60)57-38-56(61-59(62-57)44-30-24-40(25-31-44)39-14-4-2-5-15-39)42-26-28-43(29-27-42)58-49-21-11-9-17-45(49)36-52-48-20-10-8-16-41(48)32-34-51(52)58/h2-38H,1H3. The van der Waals surface area contributed by atoms with E-state index < -0.39 is 0 Å². The van der Waals surface area contributed by atoms with Crippen LogP contribution < -0.4 is 0 Å². The molecule has 0 radical (unpaired) electrons. The summed E-state index contributed by atoms with van der Waals surface area (Å²) in [5.41, 5.74) is 15.8. The maximum Gasteiger partial charge on any atom is 0.160 e. The van der Waals surface area contributed by atoms with Crippen molar-refractivity contribution in [2.45, 2.75) is 12.3 Å². The van der Waals surface area contributed by atoms with Gasteiger partial charge in [0.2, 0.25) is 0 Å². The molecule has 1 aromatic heterocycles. The van der Waals surface area contributed by atoms with E-state index in [4.69, 9.17) is 9.97 Å². The summed E-state index contributed by atoms with van der Waals surface area (Å²) in [7, 11) is 0. The largest absolute Gasteiger partial charge is 0.228 e. The monoisotopic (exact) mass is 788 g/mol. The van der Waals surface area contributed by atoms with Crippen LogP contribution in [0, 0.1) is 0 Å². The fourth-order valence-electron chi connectivity index (χ4n) is 10.00. The number of rotatable bonds is 6. The van der Waals surface area contributed by atoms with Gasteiger partial charge < -0.3 is 0 Å². The molecule has 10 aromatic carbocycles. The van der Waals surface area contributed by atoms with Crippen LogP contribution in [0.25, 0.3) is 99.6 Å². The van der Waals surface area contributed by atoms with Crippen LogP contribution in [-0.2, 0) is 5.41 Å². The van der Waals surface area contributed by atoms with Gasteiger partial charge in [0, 0.05) is 22.1 Å². The molecule has 0 amide bonds. The van der Waals surface area contributed by atoms with E-state index in [2.05, 4.69) is 231 Å². The lowest BCUT2D eigenvalue weighted by Crippen LogP contribution is -2.22. The molecule has 1 aliphatic carbocycles. The van der Waals surface area contributed by atoms with Crippen LogP contribution >= 0.6 is 0 Å². The van der Waals surface area contributed by atoms with Crippen LogP contribution in [0.3, 0.4) is 0 Å². The first-order valence-corrected chi connectivity index (χ1v) is 21.4. The van der Waals surface area contributed by atoms with Crippen molar-refractivity contribution < 1.29 is 0 Å². The van der Waals surface area contributed by atoms with Crippen molar-refractivity contribution in [3.05, 3.63) is 241 Å². The molecule has 0 saturated heterocycles. The van der Waals surface area contributed by atoms with Crippen LogP contribution in [0.2, 0.25) is 0 Å². The molecule has 0 bridgehead atoms. The summed E-state index contributed by atoms with van der Waals surface area (Å²) in [6.07, 6.45) is 0. The SMILES string of the molecule is CC1(c2ccccc2)c2ccccc2-c2cc(-c3cc(-c4ccc(-c5c6ccccc6cc6c5ccc5ccccc56)cc4)nc(-c4ccc(-c5ccccc5)cc4)n3)ccc21. The molecule has 0 spiro atoms. The Labute approximate surface area is 361 Å². The summed E-state index contributed by atoms with van der Waals surface area (Å²) in [6, 6.07) is 81.3. The molecular weight excluding hydrogens is 749 g/mol. The third kappa shape index (κ3) is 5.79. The van der Waals surface area contributed by atoms with E-state index in [1.807, 2.05) is 0 Å². The van der Waals surface area contributed by atoms with Gasteiger partial charge in [-0.1, -0.05) is 206 Å². The first-order chi connectivity index (χ1) is 30.6. The normalized spacial score (nSPS) is 14.3. The van der Waals surface area contributed by atoms with Gasteiger partial charge >= 0.3 is 0 Å². The second-order valence-electron chi connectivity index (χ2n) is 16.6. The van der Waals surface area contributed by atoms with Gasteiger partial charge in [-0.25, -0.2) is 9.97 Å². The lowest BCUT2D eigenvalue weighted by Gasteiger charge is -2.28. The van der Waals surface area contributed by atoms with Gasteiger partial charge in [0.05, 0.1) is 11.4 Å². The lowest BCUT2D eigenvalue weighted by atomic mass is 9.74. The Morgan fingerprint density at radius 2 is 0.887 bits per heavy atom. The summed E-state index contributed by atoms with van der Waals surface area (Å²) >= 11 is 0. The highest BCUT2D eigenvalue weighted by atomic mass is 14.9. The van der Waals surface area contributed by atoms with E-state index in [0.717, 1.165) is 33.6 Å². The fraction of sp³-hybridized carbons (Fsp3) is 0.0333. The van der Waals surface area contributed by atoms with E-state index in [9.17, 15) is 0 Å². The van der Waals surface area contributed by atoms with Crippen LogP contribution in [0.15, 0.2) is 224 Å². The average Bonchev–Trinajstić information content (AvgIpc) is 3.61. The highest BCUT2D eigenvalue weighted by Crippen LogP contribution is 2.53. The Bertz CT molecular complexity index is 3500. The van der Waals surface area contributed by atoms with Gasteiger partial charge in [0.25, 0.3) is 0 Å². The van der Waals surface area contributed by atoms with Crippen molar-refractivity contribution in [3.8, 4) is 67.3 Å². The molecule has 0 aliphatic heterocycles. The van der Waals surface area contributed by atoms with E-state index in [1.165, 1.54) is 76.8 Å². The molecule has 0 N–H and O–H groups in total. The molecule has 2 heteroatoms. The number of benzene rings is 10. The first-order valence-electron chi connectivity index (χ1n) is 21.4. The van der Waals surface area contributed by atoms with Crippen molar-refractivity contribution in [3.63, 3.8) is 0 Å². The van der Waals surface area contributed by atoms with Crippen LogP contribution in [0.4, 0.5) is 0 Å². The van der Waals surface area contributed by atoms with E-state index >= 15 is 0 Å². The molecule has 11 aromatic rings. The summed E-state index contributed by atoms with van der Waals surface area (Å²) in [6.45, 7) is 2.36. The second kappa shape index (κ2) is 14.4. The van der Waals surface area contributed by atoms with Gasteiger partial charge in [-0.3, -0.25) is 0 Å². The van der Waals surface area contributed by atoms with Crippen LogP contribution in [0.1, 0.15) is 23.6 Å². The molecule has 1 atom stereocenters. The van der Waals surface area contributed by atoms with Gasteiger partial charge in [0.1, 0.15) is 0 Å². The summed E-state index contributed by atoms with van der Waals surface area (Å²) in [5.74, 6) is 0.697. The fourth-order valence-corrected chi connectivity index (χ4v) is 10.00. The highest BCUT2D eigenvalue weighted by molar-refractivity contribution is 6.20. The van der Waals surface area contributed by atoms with Crippen molar-refractivity contribution >= 4 is 32.3 Å². The Hall–Kier alpha value is -7.94. The van der Waals surface area contributed by atoms with E-state index in [1.54, 1.807) is 0 Å². The zero-order chi connectivity index (χ0) is 41.2. The predicted octanol–water partition coefficient (Wildman–Crippen LogP) is 15.6. The topological polar surface area (TPSA) is 25.8 Å². The average molecular weight is 789 g/mol. The molecule has 290 valence electrons. The van der Waals surface area contributed by atoms with E-state index in [0.29, 0.717) is 5.82 Å². The Morgan fingerprint density at radius 1 is 0.323 bits per heavy atom. The van der Waals surface area contributed by atoms with Crippen LogP contribution in [-0.4, -0.2) is 9.97 Å². The number of hydrogen-bond donors (Lipinski definition) is 0. The predicted molar refractivity (Wildman–Crippen MR) is 259 cm³/mol. The summed E-state index contributed by atoms with van der Waals surface area (Å²) in [4.78, 5) is 10.6. The Balaban J connectivity index is 1.01. The molecular formula is C60H40N2. The number of aromatic nitrogens is 2. The smallest absolute Gasteiger partial charge is 0.160 e. The molecule has 2 nitrogen and oxygen atoms in total. The maximum absolute atomic E-state index is 5.32. The van der Waals surface area contributed by atoms with Crippen molar-refractivity contribution in [2.75, 3.05) is 0 Å². The molecule has 1 heterocycles. The Kier molecular flexibility index (Phi) is 8.33. The summed E-state index contributed by atoms with van der Waals surface area (Å²) < 4.78 is 0. The molecule has 12 rings (SSSR count). The third-order valence-corrected chi connectivity index (χ3v) is 13.2. The molecule has 0 fully saturated rings. The number of fused-ring (bicyclic) bond motifs is 7. The molecule has 0 saturated carbocycles. The molecule has 62 heavy (non-hydrogen) atoms. The van der Waals surface area contributed by atoms with Gasteiger partial charge in [-0.15, -0.1) is 0 Å². The maximum atomic E-state index is 5.32. The van der Waals surface area contributed by atoms with Crippen LogP contribution in [0.5, 0.6) is 0 Å². The zero-order valence-corrected chi connectivity index (χ0v) is 34.3.